The van der Waals surface area contributed by atoms with Crippen LogP contribution in [0.4, 0.5) is 0 Å². The number of hydrogen-bond acceptors (Lipinski definition) is 10. The molecule has 31 heavy (non-hydrogen) atoms. The van der Waals surface area contributed by atoms with Gasteiger partial charge in [-0.15, -0.1) is 0 Å². The van der Waals surface area contributed by atoms with Crippen molar-refractivity contribution in [3.8, 4) is 0 Å². The molecule has 1 aliphatic rings. The molecule has 1 saturated heterocycles. The van der Waals surface area contributed by atoms with E-state index < -0.39 is 69.3 Å². The molecule has 16 heteroatoms. The van der Waals surface area contributed by atoms with Gasteiger partial charge in [0.15, 0.2) is 18.5 Å². The van der Waals surface area contributed by atoms with Crippen LogP contribution in [-0.4, -0.2) is 79.1 Å². The Morgan fingerprint density at radius 1 is 1.26 bits per heavy atom. The van der Waals surface area contributed by atoms with E-state index in [0.29, 0.717) is 0 Å². The van der Waals surface area contributed by atoms with Gasteiger partial charge in [0, 0.05) is 6.07 Å². The van der Waals surface area contributed by atoms with Crippen LogP contribution in [0.1, 0.15) is 23.0 Å². The summed E-state index contributed by atoms with van der Waals surface area (Å²) in [4.78, 5) is 47.7. The molecular weight excluding hydrogens is 447 g/mol. The smallest absolute Gasteiger partial charge is 0.469 e. The van der Waals surface area contributed by atoms with Crippen LogP contribution >= 0.6 is 7.82 Å². The summed E-state index contributed by atoms with van der Waals surface area (Å²) >= 11 is 0. The maximum absolute atomic E-state index is 10.8. The normalized spacial score (nSPS) is 24.0. The molecule has 15 nitrogen and oxygen atoms in total. The second-order valence-electron chi connectivity index (χ2n) is 6.20. The van der Waals surface area contributed by atoms with Crippen molar-refractivity contribution in [2.24, 2.45) is 5.73 Å². The average molecular weight is 468 g/mol. The first-order chi connectivity index (χ1) is 14.2. The van der Waals surface area contributed by atoms with Gasteiger partial charge in [-0.2, -0.15) is 4.57 Å². The molecule has 0 saturated carbocycles. The highest BCUT2D eigenvalue weighted by Crippen LogP contribution is 2.37. The fourth-order valence-corrected chi connectivity index (χ4v) is 2.67. The van der Waals surface area contributed by atoms with Crippen LogP contribution in [-0.2, 0) is 23.4 Å². The van der Waals surface area contributed by atoms with Crippen molar-refractivity contribution in [2.75, 3.05) is 6.61 Å². The summed E-state index contributed by atoms with van der Waals surface area (Å²) in [6.07, 6.45) is -3.22. The summed E-state index contributed by atoms with van der Waals surface area (Å²) < 4.78 is 21.4. The molecule has 1 aromatic heterocycles. The number of carbonyl (C=O) groups is 3. The van der Waals surface area contributed by atoms with Gasteiger partial charge in [0.25, 0.3) is 6.23 Å². The number of nitrogens with two attached hydrogens (primary N) is 1. The minimum Gasteiger partial charge on any atom is -0.545 e. The van der Waals surface area contributed by atoms with Crippen LogP contribution in [0.5, 0.6) is 0 Å². The van der Waals surface area contributed by atoms with Gasteiger partial charge in [-0.3, -0.25) is 14.1 Å². The summed E-state index contributed by atoms with van der Waals surface area (Å²) in [5, 5.41) is 46.6. The van der Waals surface area contributed by atoms with Crippen molar-refractivity contribution < 1.29 is 68.1 Å². The number of aliphatic hydroxyl groups is 2. The highest BCUT2D eigenvalue weighted by atomic mass is 31.2. The lowest BCUT2D eigenvalue weighted by Gasteiger charge is -2.13. The van der Waals surface area contributed by atoms with E-state index in [1.807, 2.05) is 0 Å². The van der Waals surface area contributed by atoms with E-state index in [-0.39, 0.29) is 5.56 Å². The predicted molar refractivity (Wildman–Crippen MR) is 92.8 cm³/mol. The Hall–Kier alpha value is -2.49. The Kier molecular flexibility index (Phi) is 9.61. The van der Waals surface area contributed by atoms with Crippen molar-refractivity contribution in [3.05, 3.63) is 30.1 Å². The van der Waals surface area contributed by atoms with E-state index in [0.717, 1.165) is 6.20 Å². The molecule has 1 aliphatic heterocycles. The number of phosphoric acid groups is 1. The molecule has 1 fully saturated rings. The minimum absolute atomic E-state index is 0.164. The molecule has 1 aromatic rings. The van der Waals surface area contributed by atoms with Crippen molar-refractivity contribution >= 4 is 25.7 Å². The molecule has 0 spiro atoms. The van der Waals surface area contributed by atoms with E-state index in [4.69, 9.17) is 30.5 Å². The van der Waals surface area contributed by atoms with Gasteiger partial charge in [-0.05, 0) is 6.07 Å². The van der Waals surface area contributed by atoms with Gasteiger partial charge in [-0.1, -0.05) is 0 Å². The Balaban J connectivity index is 0.000000452. The molecule has 0 amide bonds. The molecule has 1 unspecified atom stereocenters. The molecule has 2 rings (SSSR count). The molecule has 8 N–H and O–H groups in total. The standard InChI is InChI=1S/C11H14NO9P.C4H7NO4/c13-8-7(5-20-22(17,18)19)21-10(9(8)14)12-3-1-2-6(4-12)11(15)16;5-2(4(8)9)1-3(6)7/h1-4,7-10,13-14H,5H2,(H2-,15,16,17,18,19);2H,1,5H2,(H,6,7)(H,8,9)/t7-,8-,9-,10-;/m1./s1. The molecule has 0 radical (unpaired) electrons. The van der Waals surface area contributed by atoms with E-state index in [1.165, 1.54) is 22.9 Å². The number of nitrogens with zero attached hydrogens (tertiary/aromatic N) is 1. The van der Waals surface area contributed by atoms with Crippen LogP contribution in [0, 0.1) is 0 Å². The average Bonchev–Trinajstić information content (AvgIpc) is 2.94. The van der Waals surface area contributed by atoms with Crippen molar-refractivity contribution in [1.29, 1.82) is 0 Å². The van der Waals surface area contributed by atoms with Crippen molar-refractivity contribution in [1.82, 2.24) is 0 Å². The molecule has 0 bridgehead atoms. The topological polar surface area (TPSA) is 261 Å². The third-order valence-corrected chi connectivity index (χ3v) is 4.29. The Labute approximate surface area is 174 Å². The zero-order chi connectivity index (χ0) is 23.9. The third-order valence-electron chi connectivity index (χ3n) is 3.81. The molecular formula is C15H21N2O13P. The van der Waals surface area contributed by atoms with E-state index in [1.54, 1.807) is 0 Å². The highest BCUT2D eigenvalue weighted by Gasteiger charge is 2.48. The molecule has 5 atom stereocenters. The number of pyridine rings is 1. The number of rotatable bonds is 8. The number of carboxylic acid groups (broad SMARTS) is 3. The summed E-state index contributed by atoms with van der Waals surface area (Å²) in [7, 11) is -4.74. The molecule has 174 valence electrons. The summed E-state index contributed by atoms with van der Waals surface area (Å²) in [5.74, 6) is -3.92. The number of aliphatic carboxylic acids is 2. The number of hydrogen-bond donors (Lipinski definition) is 7. The van der Waals surface area contributed by atoms with Crippen LogP contribution in [0.3, 0.4) is 0 Å². The van der Waals surface area contributed by atoms with E-state index >= 15 is 0 Å². The number of ether oxygens (including phenoxy) is 1. The molecule has 2 heterocycles. The molecule has 0 aromatic carbocycles. The maximum atomic E-state index is 10.8. The quantitative estimate of drug-likeness (QED) is 0.141. The molecule has 0 aliphatic carbocycles. The van der Waals surface area contributed by atoms with Crippen molar-refractivity contribution in [3.63, 3.8) is 0 Å². The van der Waals surface area contributed by atoms with Crippen LogP contribution in [0.15, 0.2) is 24.5 Å². The first-order valence-corrected chi connectivity index (χ1v) is 9.90. The highest BCUT2D eigenvalue weighted by molar-refractivity contribution is 7.46. The SMILES string of the molecule is NC(CC(=O)O)C(=O)O.O=C([O-])c1ccc[n+]([C@@H]2O[C@H](COP(=O)(O)O)[C@@H](O)[C@H]2O)c1. The second kappa shape index (κ2) is 11.2. The first kappa shape index (κ1) is 26.5. The van der Waals surface area contributed by atoms with Gasteiger partial charge in [-0.25, -0.2) is 4.57 Å². The van der Waals surface area contributed by atoms with E-state index in [9.17, 15) is 34.3 Å². The summed E-state index contributed by atoms with van der Waals surface area (Å²) in [6.45, 7) is -0.639. The summed E-state index contributed by atoms with van der Waals surface area (Å²) in [6, 6.07) is 1.37. The Bertz CT molecular complexity index is 844. The zero-order valence-electron chi connectivity index (χ0n) is 15.6. The second-order valence-corrected chi connectivity index (χ2v) is 7.44. The monoisotopic (exact) mass is 468 g/mol. The number of phosphoric ester groups is 1. The van der Waals surface area contributed by atoms with Crippen LogP contribution in [0.25, 0.3) is 0 Å². The number of carbonyl (C=O) groups excluding carboxylic acids is 1. The number of aliphatic hydroxyl groups excluding tert-OH is 2. The van der Waals surface area contributed by atoms with Gasteiger partial charge in [0.1, 0.15) is 18.2 Å². The number of aromatic carboxylic acids is 1. The van der Waals surface area contributed by atoms with Gasteiger partial charge in [0.05, 0.1) is 24.6 Å². The predicted octanol–water partition coefficient (Wildman–Crippen LogP) is -4.06. The lowest BCUT2D eigenvalue weighted by atomic mass is 10.1. The van der Waals surface area contributed by atoms with Gasteiger partial charge >= 0.3 is 19.8 Å². The van der Waals surface area contributed by atoms with Crippen LogP contribution in [0.2, 0.25) is 0 Å². The van der Waals surface area contributed by atoms with E-state index in [2.05, 4.69) is 4.52 Å². The Morgan fingerprint density at radius 2 is 1.87 bits per heavy atom. The first-order valence-electron chi connectivity index (χ1n) is 8.37. The van der Waals surface area contributed by atoms with Crippen molar-refractivity contribution in [2.45, 2.75) is 37.0 Å². The minimum atomic E-state index is -4.74. The van der Waals surface area contributed by atoms with Gasteiger partial charge in [0.2, 0.25) is 0 Å². The zero-order valence-corrected chi connectivity index (χ0v) is 16.5. The lowest BCUT2D eigenvalue weighted by molar-refractivity contribution is -0.765. The fourth-order valence-electron chi connectivity index (χ4n) is 2.33. The maximum Gasteiger partial charge on any atom is 0.469 e. The Morgan fingerprint density at radius 3 is 2.32 bits per heavy atom. The number of carboxylic acids is 3. The van der Waals surface area contributed by atoms with Gasteiger partial charge < -0.3 is 50.6 Å². The fraction of sp³-hybridized carbons (Fsp3) is 0.467. The van der Waals surface area contributed by atoms with Crippen LogP contribution < -0.4 is 15.4 Å². The number of aromatic nitrogens is 1. The summed E-state index contributed by atoms with van der Waals surface area (Å²) in [5.41, 5.74) is 4.67. The lowest BCUT2D eigenvalue weighted by Crippen LogP contribution is -2.46. The largest absolute Gasteiger partial charge is 0.545 e. The third kappa shape index (κ3) is 8.64.